The van der Waals surface area contributed by atoms with E-state index in [4.69, 9.17) is 4.74 Å². The Morgan fingerprint density at radius 1 is 1.13 bits per heavy atom. The summed E-state index contributed by atoms with van der Waals surface area (Å²) in [5.74, 6) is 1.77. The van der Waals surface area contributed by atoms with Crippen molar-refractivity contribution in [3.8, 4) is 5.75 Å². The molecule has 1 aromatic rings. The lowest BCUT2D eigenvalue weighted by Gasteiger charge is -2.10. The molecule has 2 rings (SSSR count). The molecule has 1 atom stereocenters. The Labute approximate surface area is 142 Å². The summed E-state index contributed by atoms with van der Waals surface area (Å²) in [6.45, 7) is 9.35. The first-order valence-corrected chi connectivity index (χ1v) is 9.28. The Hall–Kier alpha value is -1.50. The van der Waals surface area contributed by atoms with E-state index < -0.39 is 0 Å². The highest BCUT2D eigenvalue weighted by atomic mass is 16.5. The first-order valence-electron chi connectivity index (χ1n) is 9.28. The molecule has 1 fully saturated rings. The lowest BCUT2D eigenvalue weighted by Crippen LogP contribution is -1.99. The topological polar surface area (TPSA) is 9.23 Å². The molecule has 0 bridgehead atoms. The van der Waals surface area contributed by atoms with Gasteiger partial charge < -0.3 is 4.74 Å². The third-order valence-corrected chi connectivity index (χ3v) is 4.70. The van der Waals surface area contributed by atoms with E-state index in [9.17, 15) is 0 Å². The van der Waals surface area contributed by atoms with Gasteiger partial charge in [-0.3, -0.25) is 0 Å². The van der Waals surface area contributed by atoms with Gasteiger partial charge in [-0.25, -0.2) is 0 Å². The van der Waals surface area contributed by atoms with Crippen LogP contribution in [0.2, 0.25) is 0 Å². The molecule has 1 saturated carbocycles. The van der Waals surface area contributed by atoms with Gasteiger partial charge >= 0.3 is 0 Å². The quantitative estimate of drug-likeness (QED) is 0.424. The maximum atomic E-state index is 5.84. The van der Waals surface area contributed by atoms with Crippen LogP contribution in [0.5, 0.6) is 5.75 Å². The van der Waals surface area contributed by atoms with Crippen LogP contribution in [-0.2, 0) is 6.42 Å². The van der Waals surface area contributed by atoms with Crippen LogP contribution in [-0.4, -0.2) is 6.61 Å². The van der Waals surface area contributed by atoms with Crippen molar-refractivity contribution in [1.29, 1.82) is 0 Å². The predicted molar refractivity (Wildman–Crippen MR) is 100 cm³/mol. The summed E-state index contributed by atoms with van der Waals surface area (Å²) < 4.78 is 5.84. The fourth-order valence-electron chi connectivity index (χ4n) is 2.74. The molecule has 0 radical (unpaired) electrons. The number of benzene rings is 1. The molecule has 0 heterocycles. The van der Waals surface area contributed by atoms with Crippen LogP contribution >= 0.6 is 0 Å². The van der Waals surface area contributed by atoms with Crippen LogP contribution in [0, 0.1) is 5.92 Å². The molecule has 1 aliphatic carbocycles. The smallest absolute Gasteiger partial charge is 0.119 e. The zero-order valence-corrected chi connectivity index (χ0v) is 14.9. The minimum Gasteiger partial charge on any atom is -0.494 e. The van der Waals surface area contributed by atoms with E-state index in [-0.39, 0.29) is 0 Å². The number of hydrogen-bond donors (Lipinski definition) is 0. The minimum absolute atomic E-state index is 0.760. The first kappa shape index (κ1) is 17.8. The number of ether oxygens (including phenoxy) is 1. The Kier molecular flexibility index (Phi) is 7.45. The fraction of sp³-hybridized carbons (Fsp3) is 0.545. The van der Waals surface area contributed by atoms with Crippen molar-refractivity contribution in [2.24, 2.45) is 5.92 Å². The fourth-order valence-corrected chi connectivity index (χ4v) is 2.74. The Morgan fingerprint density at radius 2 is 1.83 bits per heavy atom. The van der Waals surface area contributed by atoms with E-state index in [0.29, 0.717) is 0 Å². The monoisotopic (exact) mass is 312 g/mol. The lowest BCUT2D eigenvalue weighted by molar-refractivity contribution is 0.304. The van der Waals surface area contributed by atoms with E-state index >= 15 is 0 Å². The van der Waals surface area contributed by atoms with Gasteiger partial charge in [0.25, 0.3) is 0 Å². The van der Waals surface area contributed by atoms with Crippen molar-refractivity contribution >= 4 is 0 Å². The van der Waals surface area contributed by atoms with Gasteiger partial charge in [-0.05, 0) is 66.9 Å². The third-order valence-electron chi connectivity index (χ3n) is 4.70. The van der Waals surface area contributed by atoms with Gasteiger partial charge in [0.15, 0.2) is 0 Å². The molecule has 0 aromatic heterocycles. The molecule has 126 valence electrons. The van der Waals surface area contributed by atoms with Crippen LogP contribution < -0.4 is 4.74 Å². The van der Waals surface area contributed by atoms with Gasteiger partial charge in [0.1, 0.15) is 5.75 Å². The van der Waals surface area contributed by atoms with Crippen molar-refractivity contribution < 1.29 is 4.74 Å². The van der Waals surface area contributed by atoms with Gasteiger partial charge in [0, 0.05) is 0 Å². The van der Waals surface area contributed by atoms with Gasteiger partial charge in [-0.15, -0.1) is 0 Å². The largest absolute Gasteiger partial charge is 0.494 e. The van der Waals surface area contributed by atoms with Gasteiger partial charge in [-0.2, -0.15) is 0 Å². The SMILES string of the molecule is C=C1C/C1=C\CCCCCCOc1ccc(CC(C)CC)cc1. The van der Waals surface area contributed by atoms with Crippen molar-refractivity contribution in [2.45, 2.75) is 65.2 Å². The molecule has 23 heavy (non-hydrogen) atoms. The standard InChI is InChI=1S/C22H32O/c1-4-18(2)16-20-11-13-22(14-12-20)23-15-9-7-5-6-8-10-21-17-19(21)3/h10-14,18H,3-9,15-17H2,1-2H3/b21-10+. The molecule has 0 amide bonds. The summed E-state index contributed by atoms with van der Waals surface area (Å²) in [5, 5.41) is 0. The van der Waals surface area contributed by atoms with Gasteiger partial charge in [0.2, 0.25) is 0 Å². The zero-order valence-electron chi connectivity index (χ0n) is 14.9. The molecule has 0 N–H and O–H groups in total. The van der Waals surface area contributed by atoms with Crippen LogP contribution in [0.4, 0.5) is 0 Å². The third kappa shape index (κ3) is 7.07. The zero-order chi connectivity index (χ0) is 16.5. The molecule has 1 aromatic carbocycles. The van der Waals surface area contributed by atoms with Gasteiger partial charge in [-0.1, -0.05) is 57.9 Å². The summed E-state index contributed by atoms with van der Waals surface area (Å²) in [5.41, 5.74) is 4.25. The van der Waals surface area contributed by atoms with E-state index in [1.165, 1.54) is 55.2 Å². The average Bonchev–Trinajstić information content (AvgIpc) is 3.26. The maximum absolute atomic E-state index is 5.84. The summed E-state index contributed by atoms with van der Waals surface area (Å²) in [4.78, 5) is 0. The summed E-state index contributed by atoms with van der Waals surface area (Å²) in [6.07, 6.45) is 12.1. The second-order valence-electron chi connectivity index (χ2n) is 6.92. The van der Waals surface area contributed by atoms with E-state index in [1.54, 1.807) is 0 Å². The molecule has 0 saturated heterocycles. The van der Waals surface area contributed by atoms with E-state index in [2.05, 4.69) is 50.8 Å². The molecule has 1 nitrogen and oxygen atoms in total. The number of unbranched alkanes of at least 4 members (excludes halogenated alkanes) is 4. The maximum Gasteiger partial charge on any atom is 0.119 e. The van der Waals surface area contributed by atoms with Gasteiger partial charge in [0.05, 0.1) is 6.61 Å². The molecule has 1 heteroatoms. The predicted octanol–water partition coefficient (Wildman–Crippen LogP) is 6.49. The number of hydrogen-bond acceptors (Lipinski definition) is 1. The molecule has 0 spiro atoms. The Balaban J connectivity index is 1.51. The minimum atomic E-state index is 0.760. The summed E-state index contributed by atoms with van der Waals surface area (Å²) >= 11 is 0. The average molecular weight is 312 g/mol. The summed E-state index contributed by atoms with van der Waals surface area (Å²) in [7, 11) is 0. The molecule has 0 aliphatic heterocycles. The van der Waals surface area contributed by atoms with E-state index in [0.717, 1.165) is 31.1 Å². The highest BCUT2D eigenvalue weighted by Gasteiger charge is 2.16. The second-order valence-corrected chi connectivity index (χ2v) is 6.92. The highest BCUT2D eigenvalue weighted by molar-refractivity contribution is 5.48. The van der Waals surface area contributed by atoms with Crippen LogP contribution in [0.1, 0.15) is 64.4 Å². The van der Waals surface area contributed by atoms with Crippen LogP contribution in [0.15, 0.2) is 48.1 Å². The van der Waals surface area contributed by atoms with Crippen molar-refractivity contribution in [3.05, 3.63) is 53.6 Å². The molecular formula is C22H32O. The normalized spacial score (nSPS) is 16.6. The first-order chi connectivity index (χ1) is 11.2. The van der Waals surface area contributed by atoms with Crippen molar-refractivity contribution in [1.82, 2.24) is 0 Å². The van der Waals surface area contributed by atoms with Crippen molar-refractivity contribution in [3.63, 3.8) is 0 Å². The second kappa shape index (κ2) is 9.60. The van der Waals surface area contributed by atoms with Crippen LogP contribution in [0.3, 0.4) is 0 Å². The van der Waals surface area contributed by atoms with Crippen molar-refractivity contribution in [2.75, 3.05) is 6.61 Å². The highest BCUT2D eigenvalue weighted by Crippen LogP contribution is 2.35. The number of allylic oxidation sites excluding steroid dienone is 3. The molecule has 1 unspecified atom stereocenters. The lowest BCUT2D eigenvalue weighted by atomic mass is 9.99. The Morgan fingerprint density at radius 3 is 2.48 bits per heavy atom. The molecule has 1 aliphatic rings. The van der Waals surface area contributed by atoms with Crippen LogP contribution in [0.25, 0.3) is 0 Å². The number of rotatable bonds is 11. The Bertz CT molecular complexity index is 509. The summed E-state index contributed by atoms with van der Waals surface area (Å²) in [6, 6.07) is 8.65. The molecular weight excluding hydrogens is 280 g/mol. The van der Waals surface area contributed by atoms with E-state index in [1.807, 2.05) is 0 Å².